The molecule has 0 saturated heterocycles. The van der Waals surface area contributed by atoms with Crippen molar-refractivity contribution in [3.8, 4) is 11.5 Å². The van der Waals surface area contributed by atoms with Crippen LogP contribution in [-0.2, 0) is 10.1 Å². The predicted molar refractivity (Wildman–Crippen MR) is 81.5 cm³/mol. The van der Waals surface area contributed by atoms with Gasteiger partial charge >= 0.3 is 0 Å². The first kappa shape index (κ1) is 15.5. The number of rotatable bonds is 5. The second-order valence-corrected chi connectivity index (χ2v) is 6.35. The molecule has 0 spiro atoms. The second-order valence-electron chi connectivity index (χ2n) is 4.93. The van der Waals surface area contributed by atoms with Crippen LogP contribution in [0.15, 0.2) is 53.4 Å². The first-order valence-electron chi connectivity index (χ1n) is 6.75. The van der Waals surface area contributed by atoms with Gasteiger partial charge in [0.2, 0.25) is 0 Å². The molecule has 0 radical (unpaired) electrons. The Kier molecular flexibility index (Phi) is 4.65. The minimum absolute atomic E-state index is 0.151. The average molecular weight is 306 g/mol. The monoisotopic (exact) mass is 306 g/mol. The summed E-state index contributed by atoms with van der Waals surface area (Å²) in [5.41, 5.74) is 1.26. The van der Waals surface area contributed by atoms with Gasteiger partial charge in [-0.25, -0.2) is 0 Å². The molecule has 0 amide bonds. The van der Waals surface area contributed by atoms with Crippen LogP contribution in [0, 0.1) is 0 Å². The topological polar surface area (TPSA) is 63.6 Å². The lowest BCUT2D eigenvalue weighted by Crippen LogP contribution is -1.97. The van der Waals surface area contributed by atoms with Gasteiger partial charge in [0.05, 0.1) is 4.90 Å². The SMILES string of the molecule is CCC(C)c1ccc(Oc2ccc(S(=O)(=O)O)cc2)cc1. The smallest absolute Gasteiger partial charge is 0.294 e. The number of hydrogen-bond donors (Lipinski definition) is 1. The molecule has 112 valence electrons. The van der Waals surface area contributed by atoms with Gasteiger partial charge in [0.15, 0.2) is 0 Å². The molecule has 0 saturated carbocycles. The van der Waals surface area contributed by atoms with Crippen LogP contribution >= 0.6 is 0 Å². The van der Waals surface area contributed by atoms with Crippen LogP contribution in [0.5, 0.6) is 11.5 Å². The van der Waals surface area contributed by atoms with Gasteiger partial charge in [-0.05, 0) is 54.3 Å². The molecule has 0 heterocycles. The van der Waals surface area contributed by atoms with Gasteiger partial charge in [0.25, 0.3) is 10.1 Å². The molecule has 4 nitrogen and oxygen atoms in total. The van der Waals surface area contributed by atoms with Crippen LogP contribution in [0.1, 0.15) is 31.7 Å². The van der Waals surface area contributed by atoms with Crippen LogP contribution in [0.4, 0.5) is 0 Å². The summed E-state index contributed by atoms with van der Waals surface area (Å²) in [4.78, 5) is -0.151. The molecule has 1 unspecified atom stereocenters. The highest BCUT2D eigenvalue weighted by molar-refractivity contribution is 7.85. The van der Waals surface area contributed by atoms with Crippen molar-refractivity contribution in [2.75, 3.05) is 0 Å². The van der Waals surface area contributed by atoms with E-state index in [1.54, 1.807) is 0 Å². The highest BCUT2D eigenvalue weighted by atomic mass is 32.2. The second kappa shape index (κ2) is 6.28. The summed E-state index contributed by atoms with van der Waals surface area (Å²) in [6, 6.07) is 13.4. The molecule has 1 atom stereocenters. The van der Waals surface area contributed by atoms with Crippen LogP contribution in [-0.4, -0.2) is 13.0 Å². The fourth-order valence-electron chi connectivity index (χ4n) is 1.92. The zero-order chi connectivity index (χ0) is 15.5. The van der Waals surface area contributed by atoms with E-state index in [0.29, 0.717) is 17.4 Å². The van der Waals surface area contributed by atoms with Crippen LogP contribution in [0.3, 0.4) is 0 Å². The van der Waals surface area contributed by atoms with E-state index in [9.17, 15) is 8.42 Å². The summed E-state index contributed by atoms with van der Waals surface area (Å²) < 4.78 is 36.4. The van der Waals surface area contributed by atoms with Gasteiger partial charge in [-0.3, -0.25) is 4.55 Å². The Morgan fingerprint density at radius 1 is 1.00 bits per heavy atom. The van der Waals surface area contributed by atoms with E-state index < -0.39 is 10.1 Å². The lowest BCUT2D eigenvalue weighted by atomic mass is 9.99. The maximum absolute atomic E-state index is 10.9. The van der Waals surface area contributed by atoms with Crippen molar-refractivity contribution in [3.05, 3.63) is 54.1 Å². The van der Waals surface area contributed by atoms with Crippen molar-refractivity contribution in [3.63, 3.8) is 0 Å². The van der Waals surface area contributed by atoms with E-state index in [0.717, 1.165) is 6.42 Å². The van der Waals surface area contributed by atoms with Crippen molar-refractivity contribution in [1.29, 1.82) is 0 Å². The third-order valence-electron chi connectivity index (χ3n) is 3.42. The molecule has 2 aromatic carbocycles. The van der Waals surface area contributed by atoms with Crippen molar-refractivity contribution < 1.29 is 17.7 Å². The van der Waals surface area contributed by atoms with Gasteiger partial charge in [-0.2, -0.15) is 8.42 Å². The molecule has 1 N–H and O–H groups in total. The Morgan fingerprint density at radius 2 is 1.48 bits per heavy atom. The quantitative estimate of drug-likeness (QED) is 0.839. The maximum atomic E-state index is 10.9. The van der Waals surface area contributed by atoms with E-state index in [4.69, 9.17) is 9.29 Å². The Morgan fingerprint density at radius 3 is 1.90 bits per heavy atom. The molecule has 0 aliphatic carbocycles. The maximum Gasteiger partial charge on any atom is 0.294 e. The molecular formula is C16H18O4S. The molecule has 0 aliphatic heterocycles. The standard InChI is InChI=1S/C16H18O4S/c1-3-12(2)13-4-6-14(7-5-13)20-15-8-10-16(11-9-15)21(17,18)19/h4-12H,3H2,1-2H3,(H,17,18,19). The lowest BCUT2D eigenvalue weighted by Gasteiger charge is -2.10. The Bertz CT molecular complexity index is 688. The zero-order valence-corrected chi connectivity index (χ0v) is 12.8. The van der Waals surface area contributed by atoms with Gasteiger partial charge in [-0.15, -0.1) is 0 Å². The molecule has 0 fully saturated rings. The number of ether oxygens (including phenoxy) is 1. The van der Waals surface area contributed by atoms with Crippen molar-refractivity contribution in [1.82, 2.24) is 0 Å². The summed E-state index contributed by atoms with van der Waals surface area (Å²) in [7, 11) is -4.17. The number of benzene rings is 2. The van der Waals surface area contributed by atoms with Crippen molar-refractivity contribution in [2.45, 2.75) is 31.1 Å². The highest BCUT2D eigenvalue weighted by Gasteiger charge is 2.09. The summed E-state index contributed by atoms with van der Waals surface area (Å²) in [5, 5.41) is 0. The molecule has 5 heteroatoms. The van der Waals surface area contributed by atoms with E-state index in [1.807, 2.05) is 24.3 Å². The lowest BCUT2D eigenvalue weighted by molar-refractivity contribution is 0.477. The van der Waals surface area contributed by atoms with Gasteiger partial charge in [0, 0.05) is 0 Å². The average Bonchev–Trinajstić information content (AvgIpc) is 2.47. The van der Waals surface area contributed by atoms with Crippen molar-refractivity contribution >= 4 is 10.1 Å². The van der Waals surface area contributed by atoms with E-state index in [2.05, 4.69) is 13.8 Å². The summed E-state index contributed by atoms with van der Waals surface area (Å²) >= 11 is 0. The molecule has 0 aromatic heterocycles. The van der Waals surface area contributed by atoms with Gasteiger partial charge in [0.1, 0.15) is 11.5 Å². The van der Waals surface area contributed by atoms with Gasteiger partial charge < -0.3 is 4.74 Å². The third-order valence-corrected chi connectivity index (χ3v) is 4.29. The highest BCUT2D eigenvalue weighted by Crippen LogP contribution is 2.26. The zero-order valence-electron chi connectivity index (χ0n) is 12.0. The third kappa shape index (κ3) is 4.06. The van der Waals surface area contributed by atoms with E-state index in [1.165, 1.54) is 29.8 Å². The molecule has 21 heavy (non-hydrogen) atoms. The Hall–Kier alpha value is -1.85. The largest absolute Gasteiger partial charge is 0.457 e. The fourth-order valence-corrected chi connectivity index (χ4v) is 2.40. The summed E-state index contributed by atoms with van der Waals surface area (Å²) in [6.07, 6.45) is 1.08. The van der Waals surface area contributed by atoms with E-state index >= 15 is 0 Å². The minimum atomic E-state index is -4.17. The van der Waals surface area contributed by atoms with E-state index in [-0.39, 0.29) is 4.90 Å². The van der Waals surface area contributed by atoms with Crippen molar-refractivity contribution in [2.24, 2.45) is 0 Å². The first-order valence-corrected chi connectivity index (χ1v) is 8.19. The predicted octanol–water partition coefficient (Wildman–Crippen LogP) is 4.24. The summed E-state index contributed by atoms with van der Waals surface area (Å²) in [5.74, 6) is 1.70. The molecule has 0 bridgehead atoms. The Balaban J connectivity index is 2.11. The van der Waals surface area contributed by atoms with Crippen LogP contribution < -0.4 is 4.74 Å². The Labute approximate surface area is 125 Å². The number of hydrogen-bond acceptors (Lipinski definition) is 3. The van der Waals surface area contributed by atoms with Gasteiger partial charge in [-0.1, -0.05) is 26.0 Å². The van der Waals surface area contributed by atoms with Crippen LogP contribution in [0.2, 0.25) is 0 Å². The fraction of sp³-hybridized carbons (Fsp3) is 0.250. The molecule has 2 aromatic rings. The first-order chi connectivity index (χ1) is 9.90. The minimum Gasteiger partial charge on any atom is -0.457 e. The molecule has 0 aliphatic rings. The molecule has 2 rings (SSSR count). The molecular weight excluding hydrogens is 288 g/mol. The summed E-state index contributed by atoms with van der Waals surface area (Å²) in [6.45, 7) is 4.32. The normalized spacial score (nSPS) is 12.9. The van der Waals surface area contributed by atoms with Crippen LogP contribution in [0.25, 0.3) is 0 Å².